The van der Waals surface area contributed by atoms with E-state index in [1.54, 1.807) is 0 Å². The summed E-state index contributed by atoms with van der Waals surface area (Å²) in [5.74, 6) is -0.247. The van der Waals surface area contributed by atoms with Crippen LogP contribution in [0.1, 0.15) is 38.5 Å². The zero-order valence-corrected chi connectivity index (χ0v) is 10.3. The first kappa shape index (κ1) is 15.8. The maximum absolute atomic E-state index is 11.7. The van der Waals surface area contributed by atoms with Crippen molar-refractivity contribution in [1.29, 1.82) is 0 Å². The molecule has 0 amide bonds. The fourth-order valence-electron chi connectivity index (χ4n) is 1.27. The maximum Gasteiger partial charge on any atom is 0.264 e. The Hall–Kier alpha value is -0.200. The molecule has 0 aromatic heterocycles. The quantitative estimate of drug-likeness (QED) is 0.454. The molecule has 0 saturated carbocycles. The van der Waals surface area contributed by atoms with Gasteiger partial charge in [-0.05, 0) is 19.3 Å². The van der Waals surface area contributed by atoms with E-state index in [1.807, 2.05) is 0 Å². The molecule has 16 heavy (non-hydrogen) atoms. The van der Waals surface area contributed by atoms with E-state index < -0.39 is 10.1 Å². The summed E-state index contributed by atoms with van der Waals surface area (Å²) in [6, 6.07) is 0. The Morgan fingerprint density at radius 1 is 0.938 bits per heavy atom. The molecule has 0 spiro atoms. The molecule has 0 aliphatic rings. The van der Waals surface area contributed by atoms with Crippen LogP contribution >= 0.6 is 0 Å². The minimum Gasteiger partial charge on any atom is -0.381 e. The number of rotatable bonds is 11. The van der Waals surface area contributed by atoms with Gasteiger partial charge in [-0.1, -0.05) is 19.3 Å². The number of ether oxygens (including phenoxy) is 1. The van der Waals surface area contributed by atoms with Crippen LogP contribution in [-0.2, 0) is 14.9 Å². The van der Waals surface area contributed by atoms with E-state index in [0.717, 1.165) is 25.7 Å². The molecule has 98 valence electrons. The molecule has 1 N–H and O–H groups in total. The molecular weight excluding hydrogens is 235 g/mol. The number of unbranched alkanes of at least 4 members (excludes halogenated alkanes) is 4. The van der Waals surface area contributed by atoms with Gasteiger partial charge in [0.25, 0.3) is 10.1 Å². The van der Waals surface area contributed by atoms with Crippen LogP contribution in [0, 0.1) is 0 Å². The Kier molecular flexibility index (Phi) is 9.86. The summed E-state index contributed by atoms with van der Waals surface area (Å²) >= 11 is 0. The normalized spacial score (nSPS) is 11.9. The molecule has 0 saturated heterocycles. The Labute approximate surface area is 96.9 Å². The van der Waals surface area contributed by atoms with Gasteiger partial charge in [0.1, 0.15) is 0 Å². The second-order valence-corrected chi connectivity index (χ2v) is 5.28. The first-order valence-corrected chi connectivity index (χ1v) is 7.26. The van der Waals surface area contributed by atoms with Gasteiger partial charge in [0, 0.05) is 13.2 Å². The van der Waals surface area contributed by atoms with E-state index in [-0.39, 0.29) is 12.4 Å². The highest BCUT2D eigenvalue weighted by Gasteiger charge is 2.02. The SMILES string of the molecule is O=S(=O)(O)CCCOCCCCCCCF. The van der Waals surface area contributed by atoms with Gasteiger partial charge < -0.3 is 4.74 Å². The molecule has 0 aliphatic carbocycles. The van der Waals surface area contributed by atoms with E-state index in [0.29, 0.717) is 26.1 Å². The third-order valence-electron chi connectivity index (χ3n) is 2.11. The molecule has 0 aromatic carbocycles. The Balaban J connectivity index is 3.05. The van der Waals surface area contributed by atoms with Crippen LogP contribution in [0.25, 0.3) is 0 Å². The number of hydrogen-bond donors (Lipinski definition) is 1. The first-order chi connectivity index (χ1) is 7.56. The standard InChI is InChI=1S/C10H21FO4S/c11-7-4-2-1-3-5-8-15-9-6-10-16(12,13)14/h1-10H2,(H,12,13,14). The molecule has 0 heterocycles. The minimum absolute atomic E-state index is 0.244. The average molecular weight is 256 g/mol. The van der Waals surface area contributed by atoms with Gasteiger partial charge in [0.05, 0.1) is 12.4 Å². The van der Waals surface area contributed by atoms with Crippen molar-refractivity contribution in [2.24, 2.45) is 0 Å². The lowest BCUT2D eigenvalue weighted by atomic mass is 10.2. The lowest BCUT2D eigenvalue weighted by Crippen LogP contribution is -2.07. The minimum atomic E-state index is -3.85. The lowest BCUT2D eigenvalue weighted by Gasteiger charge is -2.03. The van der Waals surface area contributed by atoms with Crippen molar-refractivity contribution in [2.75, 3.05) is 25.6 Å². The molecule has 0 radical (unpaired) electrons. The van der Waals surface area contributed by atoms with Gasteiger partial charge in [-0.3, -0.25) is 8.94 Å². The Morgan fingerprint density at radius 3 is 2.12 bits per heavy atom. The van der Waals surface area contributed by atoms with E-state index in [4.69, 9.17) is 9.29 Å². The molecule has 0 bridgehead atoms. The average Bonchev–Trinajstić information content (AvgIpc) is 2.19. The van der Waals surface area contributed by atoms with Crippen molar-refractivity contribution >= 4 is 10.1 Å². The van der Waals surface area contributed by atoms with E-state index in [9.17, 15) is 12.8 Å². The predicted molar refractivity (Wildman–Crippen MR) is 60.9 cm³/mol. The largest absolute Gasteiger partial charge is 0.381 e. The fourth-order valence-corrected chi connectivity index (χ4v) is 1.76. The van der Waals surface area contributed by atoms with Gasteiger partial charge in [0.15, 0.2) is 0 Å². The molecule has 6 heteroatoms. The van der Waals surface area contributed by atoms with Crippen LogP contribution in [0.3, 0.4) is 0 Å². The zero-order chi connectivity index (χ0) is 12.3. The van der Waals surface area contributed by atoms with Gasteiger partial charge in [-0.2, -0.15) is 8.42 Å². The highest BCUT2D eigenvalue weighted by molar-refractivity contribution is 7.85. The molecule has 0 unspecified atom stereocenters. The summed E-state index contributed by atoms with van der Waals surface area (Å²) in [7, 11) is -3.85. The molecule has 0 aromatic rings. The molecule has 0 atom stereocenters. The predicted octanol–water partition coefficient (Wildman–Crippen LogP) is 2.20. The zero-order valence-electron chi connectivity index (χ0n) is 9.53. The summed E-state index contributed by atoms with van der Waals surface area (Å²) in [5, 5.41) is 0. The maximum atomic E-state index is 11.7. The summed E-state index contributed by atoms with van der Waals surface area (Å²) in [4.78, 5) is 0. The van der Waals surface area contributed by atoms with Gasteiger partial charge in [-0.15, -0.1) is 0 Å². The van der Waals surface area contributed by atoms with Crippen molar-refractivity contribution in [3.05, 3.63) is 0 Å². The molecule has 0 aliphatic heterocycles. The second-order valence-electron chi connectivity index (χ2n) is 3.71. The highest BCUT2D eigenvalue weighted by Crippen LogP contribution is 2.03. The van der Waals surface area contributed by atoms with E-state index >= 15 is 0 Å². The smallest absolute Gasteiger partial charge is 0.264 e. The molecule has 0 rings (SSSR count). The number of hydrogen-bond acceptors (Lipinski definition) is 3. The summed E-state index contributed by atoms with van der Waals surface area (Å²) in [6.07, 6.45) is 4.81. The van der Waals surface area contributed by atoms with Crippen LogP contribution in [0.5, 0.6) is 0 Å². The molecule has 0 fully saturated rings. The third-order valence-corrected chi connectivity index (χ3v) is 2.92. The number of halogens is 1. The fraction of sp³-hybridized carbons (Fsp3) is 1.00. The van der Waals surface area contributed by atoms with Gasteiger partial charge >= 0.3 is 0 Å². The molecule has 4 nitrogen and oxygen atoms in total. The summed E-state index contributed by atoms with van der Waals surface area (Å²) < 4.78 is 46.0. The third kappa shape index (κ3) is 13.8. The van der Waals surface area contributed by atoms with Crippen LogP contribution < -0.4 is 0 Å². The van der Waals surface area contributed by atoms with Crippen molar-refractivity contribution in [3.8, 4) is 0 Å². The van der Waals surface area contributed by atoms with E-state index in [1.165, 1.54) is 0 Å². The monoisotopic (exact) mass is 256 g/mol. The Morgan fingerprint density at radius 2 is 1.50 bits per heavy atom. The van der Waals surface area contributed by atoms with Crippen LogP contribution in [-0.4, -0.2) is 38.6 Å². The lowest BCUT2D eigenvalue weighted by molar-refractivity contribution is 0.130. The second kappa shape index (κ2) is 9.99. The van der Waals surface area contributed by atoms with Crippen molar-refractivity contribution in [3.63, 3.8) is 0 Å². The summed E-state index contributed by atoms with van der Waals surface area (Å²) in [6.45, 7) is 0.706. The van der Waals surface area contributed by atoms with Crippen LogP contribution in [0.4, 0.5) is 4.39 Å². The highest BCUT2D eigenvalue weighted by atomic mass is 32.2. The van der Waals surface area contributed by atoms with Gasteiger partial charge in [0.2, 0.25) is 0 Å². The van der Waals surface area contributed by atoms with Crippen LogP contribution in [0.2, 0.25) is 0 Å². The topological polar surface area (TPSA) is 63.6 Å². The Bertz CT molecular complexity index is 241. The van der Waals surface area contributed by atoms with E-state index in [2.05, 4.69) is 0 Å². The molecular formula is C10H21FO4S. The summed E-state index contributed by atoms with van der Waals surface area (Å²) in [5.41, 5.74) is 0. The van der Waals surface area contributed by atoms with Crippen molar-refractivity contribution < 1.29 is 22.1 Å². The van der Waals surface area contributed by atoms with Crippen molar-refractivity contribution in [2.45, 2.75) is 38.5 Å². The van der Waals surface area contributed by atoms with Crippen LogP contribution in [0.15, 0.2) is 0 Å². The van der Waals surface area contributed by atoms with Crippen molar-refractivity contribution in [1.82, 2.24) is 0 Å². The van der Waals surface area contributed by atoms with Gasteiger partial charge in [-0.25, -0.2) is 0 Å². The first-order valence-electron chi connectivity index (χ1n) is 5.65. The number of alkyl halides is 1.